The first-order chi connectivity index (χ1) is 5.13. The molecule has 0 aromatic carbocycles. The predicted octanol–water partition coefficient (Wildman–Crippen LogP) is 0.981. The summed E-state index contributed by atoms with van der Waals surface area (Å²) in [5.74, 6) is -0.755. The lowest BCUT2D eigenvalue weighted by Crippen LogP contribution is -2.25. The molecule has 0 aliphatic rings. The molecule has 0 aliphatic carbocycles. The summed E-state index contributed by atoms with van der Waals surface area (Å²) >= 11 is 1.45. The lowest BCUT2D eigenvalue weighted by molar-refractivity contribution is 0.362. The van der Waals surface area contributed by atoms with E-state index >= 15 is 0 Å². The van der Waals surface area contributed by atoms with E-state index in [0.29, 0.717) is 0 Å². The zero-order valence-corrected chi connectivity index (χ0v) is 9.23. The van der Waals surface area contributed by atoms with Crippen molar-refractivity contribution in [3.05, 3.63) is 0 Å². The fraction of sp³-hybridized carbons (Fsp3) is 1.00. The molecule has 4 nitrogen and oxygen atoms in total. The van der Waals surface area contributed by atoms with Crippen LogP contribution in [0.3, 0.4) is 0 Å². The summed E-state index contributed by atoms with van der Waals surface area (Å²) in [4.78, 5) is 17.3. The summed E-state index contributed by atoms with van der Waals surface area (Å²) in [5.41, 5.74) is 5.27. The highest BCUT2D eigenvalue weighted by atomic mass is 32.2. The molecule has 74 valence electrons. The van der Waals surface area contributed by atoms with E-state index in [9.17, 15) is 4.57 Å². The lowest BCUT2D eigenvalue weighted by Gasteiger charge is -2.20. The maximum Gasteiger partial charge on any atom is 0.342 e. The van der Waals surface area contributed by atoms with Crippen LogP contribution in [0.25, 0.3) is 0 Å². The van der Waals surface area contributed by atoms with Gasteiger partial charge < -0.3 is 15.5 Å². The van der Waals surface area contributed by atoms with Gasteiger partial charge in [0.15, 0.2) is 0 Å². The molecule has 12 heavy (non-hydrogen) atoms. The van der Waals surface area contributed by atoms with Gasteiger partial charge in [0.1, 0.15) is 5.78 Å². The Morgan fingerprint density at radius 3 is 2.17 bits per heavy atom. The SMILES string of the molecule is CC(C)(C)SCC(N)P(=O)(O)O. The zero-order valence-electron chi connectivity index (χ0n) is 7.52. The third kappa shape index (κ3) is 6.03. The van der Waals surface area contributed by atoms with Gasteiger partial charge in [0.05, 0.1) is 0 Å². The largest absolute Gasteiger partial charge is 0.342 e. The lowest BCUT2D eigenvalue weighted by atomic mass is 10.3. The molecule has 0 aliphatic heterocycles. The average Bonchev–Trinajstić information content (AvgIpc) is 1.78. The fourth-order valence-electron chi connectivity index (χ4n) is 0.432. The van der Waals surface area contributed by atoms with Gasteiger partial charge in [-0.3, -0.25) is 4.57 Å². The molecule has 0 spiro atoms. The summed E-state index contributed by atoms with van der Waals surface area (Å²) in [6, 6.07) is 0. The predicted molar refractivity (Wildman–Crippen MR) is 52.2 cm³/mol. The highest BCUT2D eigenvalue weighted by Gasteiger charge is 2.26. The average molecular weight is 213 g/mol. The molecule has 0 bridgehead atoms. The normalized spacial score (nSPS) is 16.2. The monoisotopic (exact) mass is 213 g/mol. The van der Waals surface area contributed by atoms with Crippen LogP contribution < -0.4 is 5.73 Å². The van der Waals surface area contributed by atoms with Crippen molar-refractivity contribution in [3.8, 4) is 0 Å². The molecule has 0 amide bonds. The third-order valence-corrected chi connectivity index (χ3v) is 3.80. The van der Waals surface area contributed by atoms with E-state index in [1.165, 1.54) is 11.8 Å². The minimum Gasteiger partial charge on any atom is -0.323 e. The molecule has 1 unspecified atom stereocenters. The summed E-state index contributed by atoms with van der Waals surface area (Å²) in [6.45, 7) is 5.93. The molecule has 0 heterocycles. The van der Waals surface area contributed by atoms with E-state index < -0.39 is 13.4 Å². The van der Waals surface area contributed by atoms with Crippen LogP contribution in [0, 0.1) is 0 Å². The third-order valence-electron chi connectivity index (χ3n) is 1.12. The highest BCUT2D eigenvalue weighted by Crippen LogP contribution is 2.41. The Hall–Kier alpha value is 0.460. The minimum atomic E-state index is -4.09. The van der Waals surface area contributed by atoms with Crippen LogP contribution in [0.15, 0.2) is 0 Å². The van der Waals surface area contributed by atoms with E-state index in [1.54, 1.807) is 0 Å². The van der Waals surface area contributed by atoms with Crippen molar-refractivity contribution < 1.29 is 14.4 Å². The fourth-order valence-corrected chi connectivity index (χ4v) is 2.10. The number of hydrogen-bond donors (Lipinski definition) is 3. The highest BCUT2D eigenvalue weighted by molar-refractivity contribution is 8.00. The van der Waals surface area contributed by atoms with Gasteiger partial charge in [-0.2, -0.15) is 11.8 Å². The molecule has 0 fully saturated rings. The van der Waals surface area contributed by atoms with Gasteiger partial charge in [0.2, 0.25) is 0 Å². The van der Waals surface area contributed by atoms with Crippen LogP contribution >= 0.6 is 19.4 Å². The molecule has 1 atom stereocenters. The molecular weight excluding hydrogens is 197 g/mol. The van der Waals surface area contributed by atoms with Gasteiger partial charge in [-0.25, -0.2) is 0 Å². The van der Waals surface area contributed by atoms with E-state index in [0.717, 1.165) is 0 Å². The topological polar surface area (TPSA) is 83.6 Å². The maximum absolute atomic E-state index is 10.6. The molecule has 4 N–H and O–H groups in total. The van der Waals surface area contributed by atoms with Crippen molar-refractivity contribution >= 4 is 19.4 Å². The summed E-state index contributed by atoms with van der Waals surface area (Å²) in [7, 11) is -4.09. The molecule has 0 rings (SSSR count). The van der Waals surface area contributed by atoms with Crippen LogP contribution in [0.2, 0.25) is 0 Å². The van der Waals surface area contributed by atoms with Gasteiger partial charge in [0, 0.05) is 10.5 Å². The Labute approximate surface area is 77.1 Å². The van der Waals surface area contributed by atoms with E-state index in [1.807, 2.05) is 20.8 Å². The van der Waals surface area contributed by atoms with Crippen LogP contribution in [0.4, 0.5) is 0 Å². The standard InChI is InChI=1S/C6H16NO3PS/c1-6(2,3)12-4-5(7)11(8,9)10/h5H,4,7H2,1-3H3,(H2,8,9,10). The van der Waals surface area contributed by atoms with E-state index in [-0.39, 0.29) is 10.5 Å². The first kappa shape index (κ1) is 12.5. The molecule has 0 saturated heterocycles. The van der Waals surface area contributed by atoms with Gasteiger partial charge in [-0.15, -0.1) is 0 Å². The molecule has 0 aromatic rings. The Morgan fingerprint density at radius 1 is 1.50 bits per heavy atom. The molecular formula is C6H16NO3PS. The van der Waals surface area contributed by atoms with E-state index in [2.05, 4.69) is 0 Å². The Balaban J connectivity index is 3.89. The Morgan fingerprint density at radius 2 is 1.92 bits per heavy atom. The Kier molecular flexibility index (Phi) is 4.27. The maximum atomic E-state index is 10.6. The summed E-state index contributed by atoms with van der Waals surface area (Å²) in [5, 5.41) is 0. The van der Waals surface area contributed by atoms with Crippen LogP contribution in [-0.2, 0) is 4.57 Å². The number of rotatable bonds is 3. The minimum absolute atomic E-state index is 0.00715. The number of thioether (sulfide) groups is 1. The second-order valence-corrected chi connectivity index (χ2v) is 7.27. The van der Waals surface area contributed by atoms with Crippen molar-refractivity contribution in [2.75, 3.05) is 5.75 Å². The number of hydrogen-bond acceptors (Lipinski definition) is 3. The zero-order chi connectivity index (χ0) is 9.99. The second-order valence-electron chi connectivity index (χ2n) is 3.58. The van der Waals surface area contributed by atoms with Crippen LogP contribution in [0.5, 0.6) is 0 Å². The first-order valence-electron chi connectivity index (χ1n) is 3.58. The summed E-state index contributed by atoms with van der Waals surface area (Å²) in [6.07, 6.45) is 0. The summed E-state index contributed by atoms with van der Waals surface area (Å²) < 4.78 is 10.6. The molecule has 0 radical (unpaired) electrons. The Bertz CT molecular complexity index is 186. The van der Waals surface area contributed by atoms with Crippen molar-refractivity contribution in [1.29, 1.82) is 0 Å². The smallest absolute Gasteiger partial charge is 0.323 e. The molecule has 0 aromatic heterocycles. The van der Waals surface area contributed by atoms with Gasteiger partial charge in [0.25, 0.3) is 0 Å². The van der Waals surface area contributed by atoms with Crippen molar-refractivity contribution in [3.63, 3.8) is 0 Å². The van der Waals surface area contributed by atoms with Gasteiger partial charge in [-0.1, -0.05) is 20.8 Å². The van der Waals surface area contributed by atoms with Crippen molar-refractivity contribution in [2.45, 2.75) is 31.3 Å². The van der Waals surface area contributed by atoms with Crippen LogP contribution in [0.1, 0.15) is 20.8 Å². The van der Waals surface area contributed by atoms with Crippen LogP contribution in [-0.4, -0.2) is 26.1 Å². The first-order valence-corrected chi connectivity index (χ1v) is 6.24. The quantitative estimate of drug-likeness (QED) is 0.609. The van der Waals surface area contributed by atoms with Crippen molar-refractivity contribution in [2.24, 2.45) is 5.73 Å². The van der Waals surface area contributed by atoms with Crippen molar-refractivity contribution in [1.82, 2.24) is 0 Å². The molecule has 6 heteroatoms. The number of nitrogens with two attached hydrogens (primary N) is 1. The van der Waals surface area contributed by atoms with E-state index in [4.69, 9.17) is 15.5 Å². The van der Waals surface area contributed by atoms with Gasteiger partial charge >= 0.3 is 7.60 Å². The molecule has 0 saturated carbocycles. The second kappa shape index (κ2) is 4.11. The van der Waals surface area contributed by atoms with Gasteiger partial charge in [-0.05, 0) is 0 Å².